The highest BCUT2D eigenvalue weighted by Gasteiger charge is 2.17. The number of nitrogens with one attached hydrogen (secondary N) is 1. The lowest BCUT2D eigenvalue weighted by Gasteiger charge is -2.14. The van der Waals surface area contributed by atoms with Crippen LogP contribution in [0, 0.1) is 18.6 Å². The number of hydrogen-bond donors (Lipinski definition) is 1. The van der Waals surface area contributed by atoms with E-state index < -0.39 is 0 Å². The maximum absolute atomic E-state index is 13.2. The van der Waals surface area contributed by atoms with Crippen LogP contribution >= 0.6 is 23.4 Å². The van der Waals surface area contributed by atoms with Crippen LogP contribution in [0.3, 0.4) is 0 Å². The molecule has 0 saturated heterocycles. The fourth-order valence-electron chi connectivity index (χ4n) is 3.33. The van der Waals surface area contributed by atoms with Crippen molar-refractivity contribution >= 4 is 29.3 Å². The molecule has 0 spiro atoms. The van der Waals surface area contributed by atoms with Crippen molar-refractivity contribution in [1.82, 2.24) is 20.1 Å². The highest BCUT2D eigenvalue weighted by molar-refractivity contribution is 7.98. The summed E-state index contributed by atoms with van der Waals surface area (Å²) in [5.74, 6) is 0.253. The van der Waals surface area contributed by atoms with Gasteiger partial charge in [0.25, 0.3) is 0 Å². The lowest BCUT2D eigenvalue weighted by atomic mass is 10.1. The van der Waals surface area contributed by atoms with E-state index in [1.165, 1.54) is 36.0 Å². The van der Waals surface area contributed by atoms with Crippen molar-refractivity contribution in [3.05, 3.63) is 106 Å². The number of carbonyl (C=O) groups excluding carboxylic acids is 1. The molecule has 4 aromatic rings. The SMILES string of the molecule is Cc1ccc(Cl)cc1-n1c(CNC(=O)Cc2ccc(F)cc2)nnc1SCc1ccc(F)cc1. The quantitative estimate of drug-likeness (QED) is 0.318. The summed E-state index contributed by atoms with van der Waals surface area (Å²) in [6, 6.07) is 17.6. The predicted molar refractivity (Wildman–Crippen MR) is 129 cm³/mol. The number of aryl methyl sites for hydroxylation is 1. The first kappa shape index (κ1) is 23.9. The highest BCUT2D eigenvalue weighted by atomic mass is 35.5. The summed E-state index contributed by atoms with van der Waals surface area (Å²) < 4.78 is 28.2. The topological polar surface area (TPSA) is 59.8 Å². The minimum Gasteiger partial charge on any atom is -0.348 e. The van der Waals surface area contributed by atoms with Gasteiger partial charge in [0, 0.05) is 10.8 Å². The molecule has 0 aliphatic carbocycles. The molecule has 0 aliphatic rings. The molecule has 0 aliphatic heterocycles. The molecule has 0 bridgehead atoms. The maximum Gasteiger partial charge on any atom is 0.224 e. The van der Waals surface area contributed by atoms with Crippen molar-refractivity contribution in [2.45, 2.75) is 30.8 Å². The van der Waals surface area contributed by atoms with Crippen molar-refractivity contribution in [2.24, 2.45) is 0 Å². The Bertz CT molecular complexity index is 1290. The van der Waals surface area contributed by atoms with Gasteiger partial charge in [-0.3, -0.25) is 9.36 Å². The zero-order chi connectivity index (χ0) is 24.1. The van der Waals surface area contributed by atoms with E-state index in [4.69, 9.17) is 11.6 Å². The summed E-state index contributed by atoms with van der Waals surface area (Å²) in [7, 11) is 0. The van der Waals surface area contributed by atoms with Crippen molar-refractivity contribution in [3.8, 4) is 5.69 Å². The van der Waals surface area contributed by atoms with E-state index in [-0.39, 0.29) is 30.5 Å². The molecule has 1 amide bonds. The van der Waals surface area contributed by atoms with Gasteiger partial charge in [0.15, 0.2) is 11.0 Å². The second-order valence-electron chi connectivity index (χ2n) is 7.66. The summed E-state index contributed by atoms with van der Waals surface area (Å²) >= 11 is 7.71. The monoisotopic (exact) mass is 498 g/mol. The van der Waals surface area contributed by atoms with Crippen LogP contribution in [-0.2, 0) is 23.5 Å². The Labute approximate surface area is 205 Å². The first-order chi connectivity index (χ1) is 16.4. The number of carbonyl (C=O) groups is 1. The largest absolute Gasteiger partial charge is 0.348 e. The number of benzene rings is 3. The average Bonchev–Trinajstić information content (AvgIpc) is 3.23. The van der Waals surface area contributed by atoms with Crippen LogP contribution in [0.1, 0.15) is 22.5 Å². The lowest BCUT2D eigenvalue weighted by Crippen LogP contribution is -2.26. The molecule has 3 aromatic carbocycles. The number of aromatic nitrogens is 3. The summed E-state index contributed by atoms with van der Waals surface area (Å²) in [6.45, 7) is 2.10. The van der Waals surface area contributed by atoms with Gasteiger partial charge < -0.3 is 5.32 Å². The third-order valence-electron chi connectivity index (χ3n) is 5.12. The second kappa shape index (κ2) is 10.8. The molecule has 4 rings (SSSR count). The van der Waals surface area contributed by atoms with Crippen LogP contribution in [0.5, 0.6) is 0 Å². The smallest absolute Gasteiger partial charge is 0.224 e. The van der Waals surface area contributed by atoms with Gasteiger partial charge >= 0.3 is 0 Å². The van der Waals surface area contributed by atoms with Gasteiger partial charge in [0.2, 0.25) is 5.91 Å². The number of thioether (sulfide) groups is 1. The number of halogens is 3. The molecule has 0 saturated carbocycles. The zero-order valence-corrected chi connectivity index (χ0v) is 19.8. The molecular formula is C25H21ClF2N4OS. The van der Waals surface area contributed by atoms with E-state index >= 15 is 0 Å². The van der Waals surface area contributed by atoms with Crippen LogP contribution in [0.25, 0.3) is 5.69 Å². The minimum absolute atomic E-state index is 0.122. The molecule has 1 N–H and O–H groups in total. The third kappa shape index (κ3) is 6.01. The van der Waals surface area contributed by atoms with Crippen molar-refractivity contribution in [1.29, 1.82) is 0 Å². The van der Waals surface area contributed by atoms with E-state index in [9.17, 15) is 13.6 Å². The number of rotatable bonds is 8. The van der Waals surface area contributed by atoms with Crippen molar-refractivity contribution in [3.63, 3.8) is 0 Å². The van der Waals surface area contributed by atoms with Gasteiger partial charge in [0.1, 0.15) is 11.6 Å². The molecule has 0 radical (unpaired) electrons. The number of amides is 1. The lowest BCUT2D eigenvalue weighted by molar-refractivity contribution is -0.120. The van der Waals surface area contributed by atoms with Crippen LogP contribution in [0.4, 0.5) is 8.78 Å². The minimum atomic E-state index is -0.347. The molecule has 0 unspecified atom stereocenters. The first-order valence-corrected chi connectivity index (χ1v) is 11.8. The Morgan fingerprint density at radius 1 is 0.971 bits per heavy atom. The molecular weight excluding hydrogens is 478 g/mol. The third-order valence-corrected chi connectivity index (χ3v) is 6.35. The molecule has 1 aromatic heterocycles. The van der Waals surface area contributed by atoms with Gasteiger partial charge in [-0.15, -0.1) is 10.2 Å². The van der Waals surface area contributed by atoms with Gasteiger partial charge in [-0.25, -0.2) is 8.78 Å². The van der Waals surface area contributed by atoms with Gasteiger partial charge in [-0.2, -0.15) is 0 Å². The van der Waals surface area contributed by atoms with Crippen molar-refractivity contribution in [2.75, 3.05) is 0 Å². The van der Waals surface area contributed by atoms with Crippen LogP contribution in [-0.4, -0.2) is 20.7 Å². The molecule has 9 heteroatoms. The molecule has 0 atom stereocenters. The summed E-state index contributed by atoms with van der Waals surface area (Å²) in [5.41, 5.74) is 3.42. The standard InChI is InChI=1S/C25H21ClF2N4OS/c1-16-2-7-19(26)13-22(16)32-23(14-29-24(33)12-17-3-8-20(27)9-4-17)30-31-25(32)34-15-18-5-10-21(28)11-6-18/h2-11,13H,12,14-15H2,1H3,(H,29,33). The summed E-state index contributed by atoms with van der Waals surface area (Å²) in [6.07, 6.45) is 0.122. The van der Waals surface area contributed by atoms with Crippen LogP contribution in [0.15, 0.2) is 71.9 Å². The molecule has 34 heavy (non-hydrogen) atoms. The highest BCUT2D eigenvalue weighted by Crippen LogP contribution is 2.28. The Morgan fingerprint density at radius 3 is 2.29 bits per heavy atom. The van der Waals surface area contributed by atoms with Crippen molar-refractivity contribution < 1.29 is 13.6 Å². The molecule has 0 fully saturated rings. The Hall–Kier alpha value is -3.23. The normalized spacial score (nSPS) is 10.9. The maximum atomic E-state index is 13.2. The van der Waals surface area contributed by atoms with E-state index in [1.54, 1.807) is 30.3 Å². The molecule has 5 nitrogen and oxygen atoms in total. The fraction of sp³-hybridized carbons (Fsp3) is 0.160. The van der Waals surface area contributed by atoms with Gasteiger partial charge in [-0.1, -0.05) is 53.7 Å². The predicted octanol–water partition coefficient (Wildman–Crippen LogP) is 5.66. The van der Waals surface area contributed by atoms with Crippen LogP contribution < -0.4 is 5.32 Å². The molecule has 174 valence electrons. The summed E-state index contributed by atoms with van der Waals surface area (Å²) in [4.78, 5) is 12.5. The number of hydrogen-bond acceptors (Lipinski definition) is 4. The first-order valence-electron chi connectivity index (χ1n) is 10.5. The Morgan fingerprint density at radius 2 is 1.62 bits per heavy atom. The molecule has 1 heterocycles. The second-order valence-corrected chi connectivity index (χ2v) is 9.04. The average molecular weight is 499 g/mol. The summed E-state index contributed by atoms with van der Waals surface area (Å²) in [5, 5.41) is 12.7. The van der Waals surface area contributed by atoms with Gasteiger partial charge in [-0.05, 0) is 60.0 Å². The number of nitrogens with zero attached hydrogens (tertiary/aromatic N) is 3. The van der Waals surface area contributed by atoms with E-state index in [0.29, 0.717) is 27.3 Å². The van der Waals surface area contributed by atoms with Crippen LogP contribution in [0.2, 0.25) is 5.02 Å². The van der Waals surface area contributed by atoms with E-state index in [1.807, 2.05) is 23.6 Å². The zero-order valence-electron chi connectivity index (χ0n) is 18.3. The Kier molecular flexibility index (Phi) is 7.59. The Balaban J connectivity index is 1.55. The van der Waals surface area contributed by atoms with E-state index in [0.717, 1.165) is 16.8 Å². The van der Waals surface area contributed by atoms with Gasteiger partial charge in [0.05, 0.1) is 18.7 Å². The van der Waals surface area contributed by atoms with E-state index in [2.05, 4.69) is 15.5 Å². The fourth-order valence-corrected chi connectivity index (χ4v) is 4.42.